The van der Waals surface area contributed by atoms with Crippen LogP contribution in [0.3, 0.4) is 0 Å². The van der Waals surface area contributed by atoms with Crippen LogP contribution in [0.25, 0.3) is 10.2 Å². The number of nitrogens with one attached hydrogen (secondary N) is 1. The SMILES string of the molecule is CC(C)c1ccc(C=NNC(=O)CSc2nc3ccccc3s2)cc1. The summed E-state index contributed by atoms with van der Waals surface area (Å²) in [5, 5.41) is 4.02. The smallest absolute Gasteiger partial charge is 0.250 e. The van der Waals surface area contributed by atoms with Crippen LogP contribution in [0, 0.1) is 0 Å². The maximum Gasteiger partial charge on any atom is 0.250 e. The van der Waals surface area contributed by atoms with Gasteiger partial charge in [-0.05, 0) is 29.2 Å². The molecule has 0 fully saturated rings. The molecular weight excluding hydrogens is 350 g/mol. The Hall–Kier alpha value is -2.18. The minimum Gasteiger partial charge on any atom is -0.272 e. The summed E-state index contributed by atoms with van der Waals surface area (Å²) in [7, 11) is 0. The number of carbonyl (C=O) groups is 1. The van der Waals surface area contributed by atoms with E-state index in [1.54, 1.807) is 17.6 Å². The highest BCUT2D eigenvalue weighted by Crippen LogP contribution is 2.28. The monoisotopic (exact) mass is 369 g/mol. The number of rotatable bonds is 6. The molecule has 0 aliphatic carbocycles. The van der Waals surface area contributed by atoms with Crippen molar-refractivity contribution in [1.82, 2.24) is 10.4 Å². The van der Waals surface area contributed by atoms with Gasteiger partial charge >= 0.3 is 0 Å². The topological polar surface area (TPSA) is 54.4 Å². The van der Waals surface area contributed by atoms with Crippen molar-refractivity contribution in [3.63, 3.8) is 0 Å². The summed E-state index contributed by atoms with van der Waals surface area (Å²) >= 11 is 3.02. The van der Waals surface area contributed by atoms with Gasteiger partial charge in [0.1, 0.15) is 0 Å². The van der Waals surface area contributed by atoms with Crippen LogP contribution in [0.4, 0.5) is 0 Å². The predicted octanol–water partition coefficient (Wildman–Crippen LogP) is 4.66. The fourth-order valence-corrected chi connectivity index (χ4v) is 4.08. The molecule has 0 aliphatic rings. The van der Waals surface area contributed by atoms with Crippen molar-refractivity contribution in [1.29, 1.82) is 0 Å². The van der Waals surface area contributed by atoms with E-state index in [-0.39, 0.29) is 5.91 Å². The number of hydrazone groups is 1. The molecule has 0 saturated heterocycles. The predicted molar refractivity (Wildman–Crippen MR) is 107 cm³/mol. The van der Waals surface area contributed by atoms with Crippen LogP contribution in [0.15, 0.2) is 58.0 Å². The minimum atomic E-state index is -0.140. The van der Waals surface area contributed by atoms with Gasteiger partial charge in [0.15, 0.2) is 4.34 Å². The third kappa shape index (κ3) is 4.90. The molecule has 3 rings (SSSR count). The molecule has 128 valence electrons. The Morgan fingerprint density at radius 2 is 2.00 bits per heavy atom. The first-order valence-corrected chi connectivity index (χ1v) is 9.82. The van der Waals surface area contributed by atoms with Gasteiger partial charge in [-0.15, -0.1) is 11.3 Å². The summed E-state index contributed by atoms with van der Waals surface area (Å²) < 4.78 is 2.03. The molecule has 0 bridgehead atoms. The van der Waals surface area contributed by atoms with Gasteiger partial charge in [0.25, 0.3) is 5.91 Å². The lowest BCUT2D eigenvalue weighted by molar-refractivity contribution is -0.118. The summed E-state index contributed by atoms with van der Waals surface area (Å²) in [6.45, 7) is 4.32. The Kier molecular flexibility index (Phi) is 5.83. The Morgan fingerprint density at radius 1 is 1.24 bits per heavy atom. The van der Waals surface area contributed by atoms with E-state index in [4.69, 9.17) is 0 Å². The van der Waals surface area contributed by atoms with Gasteiger partial charge in [-0.3, -0.25) is 4.79 Å². The number of aromatic nitrogens is 1. The van der Waals surface area contributed by atoms with Gasteiger partial charge in [-0.1, -0.05) is 62.0 Å². The lowest BCUT2D eigenvalue weighted by Gasteiger charge is -2.04. The van der Waals surface area contributed by atoms with Gasteiger partial charge in [0.05, 0.1) is 22.2 Å². The largest absolute Gasteiger partial charge is 0.272 e. The van der Waals surface area contributed by atoms with E-state index in [1.165, 1.54) is 17.3 Å². The lowest BCUT2D eigenvalue weighted by atomic mass is 10.0. The number of hydrogen-bond donors (Lipinski definition) is 1. The fourth-order valence-electron chi connectivity index (χ4n) is 2.22. The molecule has 3 aromatic rings. The Labute approximate surface area is 155 Å². The minimum absolute atomic E-state index is 0.140. The molecule has 0 radical (unpaired) electrons. The van der Waals surface area contributed by atoms with Crippen molar-refractivity contribution in [2.45, 2.75) is 24.1 Å². The lowest BCUT2D eigenvalue weighted by Crippen LogP contribution is -2.19. The average Bonchev–Trinajstić information content (AvgIpc) is 3.03. The van der Waals surface area contributed by atoms with Crippen LogP contribution >= 0.6 is 23.1 Å². The normalized spacial score (nSPS) is 11.5. The molecule has 2 aromatic carbocycles. The molecule has 0 unspecified atom stereocenters. The summed E-state index contributed by atoms with van der Waals surface area (Å²) in [6, 6.07) is 16.1. The van der Waals surface area contributed by atoms with Crippen molar-refractivity contribution in [3.05, 3.63) is 59.7 Å². The highest BCUT2D eigenvalue weighted by molar-refractivity contribution is 8.01. The number of benzene rings is 2. The van der Waals surface area contributed by atoms with E-state index >= 15 is 0 Å². The zero-order chi connectivity index (χ0) is 17.6. The van der Waals surface area contributed by atoms with E-state index in [1.807, 2.05) is 36.4 Å². The molecule has 1 amide bonds. The highest BCUT2D eigenvalue weighted by atomic mass is 32.2. The molecule has 1 N–H and O–H groups in total. The zero-order valence-electron chi connectivity index (χ0n) is 14.1. The number of para-hydroxylation sites is 1. The molecular formula is C19H19N3OS2. The number of fused-ring (bicyclic) bond motifs is 1. The van der Waals surface area contributed by atoms with Crippen molar-refractivity contribution in [2.24, 2.45) is 5.10 Å². The third-order valence-corrected chi connectivity index (χ3v) is 5.79. The van der Waals surface area contributed by atoms with Crippen LogP contribution < -0.4 is 5.43 Å². The van der Waals surface area contributed by atoms with Gasteiger partial charge in [-0.2, -0.15) is 5.10 Å². The number of thioether (sulfide) groups is 1. The molecule has 0 saturated carbocycles. The number of thiazole rings is 1. The third-order valence-electron chi connectivity index (χ3n) is 3.61. The maximum atomic E-state index is 11.9. The Morgan fingerprint density at radius 3 is 2.72 bits per heavy atom. The number of carbonyl (C=O) groups excluding carboxylic acids is 1. The maximum absolute atomic E-state index is 11.9. The summed E-state index contributed by atoms with van der Waals surface area (Å²) in [6.07, 6.45) is 1.66. The van der Waals surface area contributed by atoms with E-state index in [0.29, 0.717) is 11.7 Å². The van der Waals surface area contributed by atoms with Crippen molar-refractivity contribution in [3.8, 4) is 0 Å². The van der Waals surface area contributed by atoms with Crippen LogP contribution in [-0.4, -0.2) is 22.9 Å². The van der Waals surface area contributed by atoms with Crippen molar-refractivity contribution in [2.75, 3.05) is 5.75 Å². The number of nitrogens with zero attached hydrogens (tertiary/aromatic N) is 2. The van der Waals surface area contributed by atoms with E-state index in [2.05, 4.69) is 41.5 Å². The molecule has 0 aliphatic heterocycles. The summed E-state index contributed by atoms with van der Waals surface area (Å²) in [5.41, 5.74) is 5.78. The number of hydrogen-bond acceptors (Lipinski definition) is 5. The molecule has 0 atom stereocenters. The van der Waals surface area contributed by atoms with Crippen LogP contribution in [0.1, 0.15) is 30.9 Å². The average molecular weight is 370 g/mol. The standard InChI is InChI=1S/C19H19N3OS2/c1-13(2)15-9-7-14(8-10-15)11-20-22-18(23)12-24-19-21-16-5-3-4-6-17(16)25-19/h3-11,13H,12H2,1-2H3,(H,22,23). The zero-order valence-corrected chi connectivity index (χ0v) is 15.7. The Bertz CT molecular complexity index is 852. The molecule has 1 heterocycles. The highest BCUT2D eigenvalue weighted by Gasteiger charge is 2.06. The van der Waals surface area contributed by atoms with Gasteiger partial charge in [0.2, 0.25) is 0 Å². The van der Waals surface area contributed by atoms with Crippen molar-refractivity contribution >= 4 is 45.4 Å². The quantitative estimate of drug-likeness (QED) is 0.390. The first kappa shape index (κ1) is 17.6. The van der Waals surface area contributed by atoms with Gasteiger partial charge in [0, 0.05) is 0 Å². The van der Waals surface area contributed by atoms with E-state index in [9.17, 15) is 4.79 Å². The molecule has 1 aromatic heterocycles. The van der Waals surface area contributed by atoms with Crippen LogP contribution in [-0.2, 0) is 4.79 Å². The van der Waals surface area contributed by atoms with Gasteiger partial charge < -0.3 is 0 Å². The molecule has 4 nitrogen and oxygen atoms in total. The first-order valence-electron chi connectivity index (χ1n) is 8.02. The molecule has 6 heteroatoms. The second-order valence-electron chi connectivity index (χ2n) is 5.85. The summed E-state index contributed by atoms with van der Waals surface area (Å²) in [4.78, 5) is 16.4. The number of amides is 1. The second kappa shape index (κ2) is 8.27. The second-order valence-corrected chi connectivity index (χ2v) is 8.10. The van der Waals surface area contributed by atoms with Crippen molar-refractivity contribution < 1.29 is 4.79 Å². The van der Waals surface area contributed by atoms with E-state index in [0.717, 1.165) is 20.1 Å². The first-order chi connectivity index (χ1) is 12.1. The summed E-state index contributed by atoms with van der Waals surface area (Å²) in [5.74, 6) is 0.660. The van der Waals surface area contributed by atoms with Gasteiger partial charge in [-0.25, -0.2) is 10.4 Å². The van der Waals surface area contributed by atoms with E-state index < -0.39 is 0 Å². The fraction of sp³-hybridized carbons (Fsp3) is 0.211. The molecule has 25 heavy (non-hydrogen) atoms. The molecule has 0 spiro atoms. The van der Waals surface area contributed by atoms with Crippen LogP contribution in [0.2, 0.25) is 0 Å². The van der Waals surface area contributed by atoms with Crippen LogP contribution in [0.5, 0.6) is 0 Å². The Balaban J connectivity index is 1.48.